The number of rotatable bonds is 7. The summed E-state index contributed by atoms with van der Waals surface area (Å²) in [5.41, 5.74) is 1.82. The minimum absolute atomic E-state index is 0.203. The van der Waals surface area contributed by atoms with Gasteiger partial charge in [-0.05, 0) is 60.7 Å². The molecule has 6 nitrogen and oxygen atoms in total. The standard InChI is InChI=1S/C23H20FN3O3/c24-19-10-6-18(7-11-19)23(30)27-20-12-8-17(9-13-20)22(29)26-15-14-25-21(28)16-4-2-1-3-5-16/h1-13H,14-15H2,(H,25,28)(H,26,29)(H,27,30). The highest BCUT2D eigenvalue weighted by Crippen LogP contribution is 2.12. The summed E-state index contributed by atoms with van der Waals surface area (Å²) in [6.07, 6.45) is 0. The van der Waals surface area contributed by atoms with Crippen molar-refractivity contribution in [1.82, 2.24) is 10.6 Å². The second-order valence-electron chi connectivity index (χ2n) is 6.42. The molecule has 0 aliphatic rings. The van der Waals surface area contributed by atoms with Crippen LogP contribution in [0.15, 0.2) is 78.9 Å². The third kappa shape index (κ3) is 5.75. The first kappa shape index (κ1) is 20.7. The van der Waals surface area contributed by atoms with Gasteiger partial charge in [-0.25, -0.2) is 4.39 Å². The maximum atomic E-state index is 12.9. The molecule has 0 aliphatic carbocycles. The smallest absolute Gasteiger partial charge is 0.255 e. The molecule has 0 bridgehead atoms. The third-order valence-electron chi connectivity index (χ3n) is 4.24. The van der Waals surface area contributed by atoms with E-state index < -0.39 is 5.82 Å². The zero-order chi connectivity index (χ0) is 21.3. The molecule has 0 heterocycles. The van der Waals surface area contributed by atoms with Gasteiger partial charge in [-0.15, -0.1) is 0 Å². The Hall–Kier alpha value is -4.00. The van der Waals surface area contributed by atoms with Gasteiger partial charge in [0.1, 0.15) is 5.82 Å². The summed E-state index contributed by atoms with van der Waals surface area (Å²) < 4.78 is 12.9. The molecule has 3 N–H and O–H groups in total. The molecule has 30 heavy (non-hydrogen) atoms. The van der Waals surface area contributed by atoms with Crippen molar-refractivity contribution in [3.63, 3.8) is 0 Å². The Kier molecular flexibility index (Phi) is 6.89. The van der Waals surface area contributed by atoms with Crippen molar-refractivity contribution in [3.8, 4) is 0 Å². The average Bonchev–Trinajstić information content (AvgIpc) is 2.78. The highest BCUT2D eigenvalue weighted by molar-refractivity contribution is 6.04. The van der Waals surface area contributed by atoms with Gasteiger partial charge >= 0.3 is 0 Å². The van der Waals surface area contributed by atoms with Gasteiger partial charge in [0.15, 0.2) is 0 Å². The molecule has 3 rings (SSSR count). The number of halogens is 1. The van der Waals surface area contributed by atoms with Crippen LogP contribution in [0.2, 0.25) is 0 Å². The van der Waals surface area contributed by atoms with Crippen LogP contribution in [0.3, 0.4) is 0 Å². The van der Waals surface area contributed by atoms with Gasteiger partial charge in [0.2, 0.25) is 0 Å². The van der Waals surface area contributed by atoms with Crippen LogP contribution in [0.1, 0.15) is 31.1 Å². The molecule has 3 aromatic rings. The van der Waals surface area contributed by atoms with Crippen molar-refractivity contribution < 1.29 is 18.8 Å². The topological polar surface area (TPSA) is 87.3 Å². The van der Waals surface area contributed by atoms with Crippen LogP contribution in [-0.2, 0) is 0 Å². The van der Waals surface area contributed by atoms with Crippen molar-refractivity contribution >= 4 is 23.4 Å². The Morgan fingerprint density at radius 3 is 1.63 bits per heavy atom. The molecular formula is C23H20FN3O3. The molecule has 0 aromatic heterocycles. The second kappa shape index (κ2) is 9.97. The number of benzene rings is 3. The van der Waals surface area contributed by atoms with Gasteiger partial charge in [0.05, 0.1) is 0 Å². The Morgan fingerprint density at radius 1 is 0.600 bits per heavy atom. The number of carbonyl (C=O) groups excluding carboxylic acids is 3. The van der Waals surface area contributed by atoms with E-state index in [4.69, 9.17) is 0 Å². The van der Waals surface area contributed by atoms with Crippen LogP contribution in [0.5, 0.6) is 0 Å². The van der Waals surface area contributed by atoms with Gasteiger partial charge < -0.3 is 16.0 Å². The Bertz CT molecular complexity index is 1020. The van der Waals surface area contributed by atoms with E-state index in [1.807, 2.05) is 6.07 Å². The molecule has 152 valence electrons. The molecule has 0 spiro atoms. The number of hydrogen-bond acceptors (Lipinski definition) is 3. The van der Waals surface area contributed by atoms with Gasteiger partial charge in [-0.3, -0.25) is 14.4 Å². The van der Waals surface area contributed by atoms with E-state index in [-0.39, 0.29) is 24.3 Å². The molecule has 7 heteroatoms. The van der Waals surface area contributed by atoms with E-state index in [9.17, 15) is 18.8 Å². The molecule has 0 radical (unpaired) electrons. The zero-order valence-electron chi connectivity index (χ0n) is 16.0. The lowest BCUT2D eigenvalue weighted by Crippen LogP contribution is -2.34. The van der Waals surface area contributed by atoms with E-state index >= 15 is 0 Å². The lowest BCUT2D eigenvalue weighted by atomic mass is 10.1. The van der Waals surface area contributed by atoms with Crippen LogP contribution in [0.4, 0.5) is 10.1 Å². The number of anilines is 1. The Morgan fingerprint density at radius 2 is 1.07 bits per heavy atom. The number of carbonyl (C=O) groups is 3. The van der Waals surface area contributed by atoms with Crippen LogP contribution in [0.25, 0.3) is 0 Å². The molecule has 3 amide bonds. The number of hydrogen-bond donors (Lipinski definition) is 3. The first-order valence-corrected chi connectivity index (χ1v) is 9.31. The summed E-state index contributed by atoms with van der Waals surface area (Å²) in [4.78, 5) is 36.3. The van der Waals surface area contributed by atoms with E-state index in [1.165, 1.54) is 24.3 Å². The molecular weight excluding hydrogens is 385 g/mol. The molecule has 0 aliphatic heterocycles. The van der Waals surface area contributed by atoms with E-state index in [0.717, 1.165) is 0 Å². The van der Waals surface area contributed by atoms with E-state index in [0.29, 0.717) is 28.9 Å². The largest absolute Gasteiger partial charge is 0.350 e. The minimum atomic E-state index is -0.415. The average molecular weight is 405 g/mol. The monoisotopic (exact) mass is 405 g/mol. The maximum absolute atomic E-state index is 12.9. The normalized spacial score (nSPS) is 10.2. The van der Waals surface area contributed by atoms with Gasteiger partial charge in [0.25, 0.3) is 17.7 Å². The fraction of sp³-hybridized carbons (Fsp3) is 0.0870. The predicted molar refractivity (Wildman–Crippen MR) is 112 cm³/mol. The van der Waals surface area contributed by atoms with Crippen LogP contribution in [0, 0.1) is 5.82 Å². The molecule has 0 saturated heterocycles. The molecule has 3 aromatic carbocycles. The van der Waals surface area contributed by atoms with Gasteiger partial charge in [0, 0.05) is 35.5 Å². The summed E-state index contributed by atoms with van der Waals surface area (Å²) in [7, 11) is 0. The Balaban J connectivity index is 1.45. The Labute approximate surface area is 173 Å². The highest BCUT2D eigenvalue weighted by atomic mass is 19.1. The fourth-order valence-corrected chi connectivity index (χ4v) is 2.66. The number of amides is 3. The molecule has 0 unspecified atom stereocenters. The maximum Gasteiger partial charge on any atom is 0.255 e. The van der Waals surface area contributed by atoms with Crippen molar-refractivity contribution in [1.29, 1.82) is 0 Å². The lowest BCUT2D eigenvalue weighted by Gasteiger charge is -2.09. The van der Waals surface area contributed by atoms with Crippen LogP contribution in [-0.4, -0.2) is 30.8 Å². The highest BCUT2D eigenvalue weighted by Gasteiger charge is 2.09. The first-order chi connectivity index (χ1) is 14.5. The van der Waals surface area contributed by atoms with Crippen LogP contribution >= 0.6 is 0 Å². The summed E-state index contributed by atoms with van der Waals surface area (Å²) in [6, 6.07) is 20.4. The summed E-state index contributed by atoms with van der Waals surface area (Å²) in [5, 5.41) is 8.14. The van der Waals surface area contributed by atoms with E-state index in [1.54, 1.807) is 48.5 Å². The predicted octanol–water partition coefficient (Wildman–Crippen LogP) is 3.24. The van der Waals surface area contributed by atoms with Gasteiger partial charge in [-0.1, -0.05) is 18.2 Å². The van der Waals surface area contributed by atoms with Crippen molar-refractivity contribution in [3.05, 3.63) is 101 Å². The fourth-order valence-electron chi connectivity index (χ4n) is 2.66. The minimum Gasteiger partial charge on any atom is -0.350 e. The molecule has 0 fully saturated rings. The first-order valence-electron chi connectivity index (χ1n) is 9.31. The second-order valence-corrected chi connectivity index (χ2v) is 6.42. The SMILES string of the molecule is O=C(NCCNC(=O)c1ccc(NC(=O)c2ccc(F)cc2)cc1)c1ccccc1. The van der Waals surface area contributed by atoms with E-state index in [2.05, 4.69) is 16.0 Å². The van der Waals surface area contributed by atoms with Crippen LogP contribution < -0.4 is 16.0 Å². The molecule has 0 saturated carbocycles. The summed E-state index contributed by atoms with van der Waals surface area (Å²) in [6.45, 7) is 0.575. The van der Waals surface area contributed by atoms with Gasteiger partial charge in [-0.2, -0.15) is 0 Å². The van der Waals surface area contributed by atoms with Crippen molar-refractivity contribution in [2.75, 3.05) is 18.4 Å². The van der Waals surface area contributed by atoms with Crippen molar-refractivity contribution in [2.45, 2.75) is 0 Å². The summed E-state index contributed by atoms with van der Waals surface area (Å²) in [5.74, 6) is -1.28. The number of nitrogens with one attached hydrogen (secondary N) is 3. The molecule has 0 atom stereocenters. The summed E-state index contributed by atoms with van der Waals surface area (Å²) >= 11 is 0. The van der Waals surface area contributed by atoms with Crippen molar-refractivity contribution in [2.24, 2.45) is 0 Å². The quantitative estimate of drug-likeness (QED) is 0.528. The third-order valence-corrected chi connectivity index (χ3v) is 4.24. The zero-order valence-corrected chi connectivity index (χ0v) is 16.0. The lowest BCUT2D eigenvalue weighted by molar-refractivity contribution is 0.0927.